The van der Waals surface area contributed by atoms with Gasteiger partial charge in [-0.15, -0.1) is 0 Å². The van der Waals surface area contributed by atoms with E-state index in [9.17, 15) is 13.2 Å². The summed E-state index contributed by atoms with van der Waals surface area (Å²) in [5.41, 5.74) is 2.34. The first-order valence-electron chi connectivity index (χ1n) is 9.84. The minimum Gasteiger partial charge on any atom is -0.497 e. The maximum Gasteiger partial charge on any atom is 0.264 e. The van der Waals surface area contributed by atoms with Crippen LogP contribution in [-0.4, -0.2) is 28.0 Å². The zero-order valence-corrected chi connectivity index (χ0v) is 18.6. The third-order valence-electron chi connectivity index (χ3n) is 5.01. The highest BCUT2D eigenvalue weighted by molar-refractivity contribution is 7.92. The highest BCUT2D eigenvalue weighted by Gasteiger charge is 2.26. The second-order valence-electron chi connectivity index (χ2n) is 7.13. The molecule has 0 saturated heterocycles. The Morgan fingerprint density at radius 2 is 1.81 bits per heavy atom. The van der Waals surface area contributed by atoms with Gasteiger partial charge in [-0.1, -0.05) is 6.07 Å². The van der Waals surface area contributed by atoms with Gasteiger partial charge in [-0.2, -0.15) is 0 Å². The summed E-state index contributed by atoms with van der Waals surface area (Å²) in [6, 6.07) is 15.2. The lowest BCUT2D eigenvalue weighted by molar-refractivity contribution is -0.121. The third kappa shape index (κ3) is 5.46. The Hall–Kier alpha value is -3.26. The van der Waals surface area contributed by atoms with Crippen LogP contribution < -0.4 is 14.4 Å². The van der Waals surface area contributed by atoms with E-state index in [-0.39, 0.29) is 30.3 Å². The molecule has 0 aliphatic heterocycles. The molecule has 0 atom stereocenters. The number of hydrogen-bond acceptors (Lipinski definition) is 5. The summed E-state index contributed by atoms with van der Waals surface area (Å²) in [6.45, 7) is 4.04. The van der Waals surface area contributed by atoms with Crippen LogP contribution in [0.25, 0.3) is 0 Å². The maximum absolute atomic E-state index is 13.5. The van der Waals surface area contributed by atoms with E-state index in [0.29, 0.717) is 17.2 Å². The minimum atomic E-state index is -3.87. The van der Waals surface area contributed by atoms with E-state index in [0.717, 1.165) is 11.1 Å². The molecule has 2 aromatic carbocycles. The third-order valence-corrected chi connectivity index (χ3v) is 6.83. The topological polar surface area (TPSA) is 88.8 Å². The Balaban J connectivity index is 1.83. The van der Waals surface area contributed by atoms with Crippen molar-refractivity contribution in [1.82, 2.24) is 5.32 Å². The Morgan fingerprint density at radius 3 is 2.42 bits per heavy atom. The predicted molar refractivity (Wildman–Crippen MR) is 119 cm³/mol. The smallest absolute Gasteiger partial charge is 0.264 e. The van der Waals surface area contributed by atoms with Gasteiger partial charge in [0, 0.05) is 13.0 Å². The average molecular weight is 443 g/mol. The monoisotopic (exact) mass is 442 g/mol. The average Bonchev–Trinajstić information content (AvgIpc) is 3.28. The number of rotatable bonds is 9. The summed E-state index contributed by atoms with van der Waals surface area (Å²) in [5.74, 6) is 0.969. The maximum atomic E-state index is 13.5. The predicted octanol–water partition coefficient (Wildman–Crippen LogP) is 3.81. The lowest BCUT2D eigenvalue weighted by Crippen LogP contribution is -2.35. The molecule has 0 spiro atoms. The summed E-state index contributed by atoms with van der Waals surface area (Å²) in [6.07, 6.45) is 1.53. The normalized spacial score (nSPS) is 11.2. The van der Waals surface area contributed by atoms with Crippen molar-refractivity contribution in [3.8, 4) is 5.75 Å². The molecule has 8 heteroatoms. The summed E-state index contributed by atoms with van der Waals surface area (Å²) in [7, 11) is -2.33. The first-order chi connectivity index (χ1) is 14.8. The molecule has 0 fully saturated rings. The zero-order valence-electron chi connectivity index (χ0n) is 17.8. The van der Waals surface area contributed by atoms with Crippen LogP contribution in [0.1, 0.15) is 23.3 Å². The molecule has 7 nitrogen and oxygen atoms in total. The van der Waals surface area contributed by atoms with Gasteiger partial charge in [0.15, 0.2) is 0 Å². The van der Waals surface area contributed by atoms with E-state index in [2.05, 4.69) is 5.32 Å². The van der Waals surface area contributed by atoms with Crippen molar-refractivity contribution < 1.29 is 22.4 Å². The molecule has 1 aromatic heterocycles. The summed E-state index contributed by atoms with van der Waals surface area (Å²) >= 11 is 0. The molecule has 1 N–H and O–H groups in total. The number of sulfonamides is 1. The van der Waals surface area contributed by atoms with Crippen molar-refractivity contribution in [2.75, 3.05) is 18.0 Å². The van der Waals surface area contributed by atoms with Crippen LogP contribution in [0.3, 0.4) is 0 Å². The highest BCUT2D eigenvalue weighted by atomic mass is 32.2. The fourth-order valence-corrected chi connectivity index (χ4v) is 4.58. The van der Waals surface area contributed by atoms with Crippen molar-refractivity contribution in [3.05, 3.63) is 77.7 Å². The number of nitrogens with one attached hydrogen (secondary N) is 1. The van der Waals surface area contributed by atoms with E-state index >= 15 is 0 Å². The van der Waals surface area contributed by atoms with E-state index < -0.39 is 10.0 Å². The van der Waals surface area contributed by atoms with Gasteiger partial charge in [-0.05, 0) is 73.5 Å². The zero-order chi connectivity index (χ0) is 22.4. The van der Waals surface area contributed by atoms with Crippen LogP contribution in [0.5, 0.6) is 5.75 Å². The van der Waals surface area contributed by atoms with E-state index in [1.165, 1.54) is 10.6 Å². The molecular weight excluding hydrogens is 416 g/mol. The molecule has 1 heterocycles. The number of hydrogen-bond donors (Lipinski definition) is 1. The number of carbonyl (C=O) groups excluding carboxylic acids is 1. The van der Waals surface area contributed by atoms with Crippen molar-refractivity contribution in [3.63, 3.8) is 0 Å². The van der Waals surface area contributed by atoms with Crippen LogP contribution in [0.4, 0.5) is 5.69 Å². The molecule has 0 aliphatic rings. The quantitative estimate of drug-likeness (QED) is 0.544. The van der Waals surface area contributed by atoms with Gasteiger partial charge < -0.3 is 14.5 Å². The van der Waals surface area contributed by atoms with E-state index in [4.69, 9.17) is 9.15 Å². The highest BCUT2D eigenvalue weighted by Crippen LogP contribution is 2.27. The standard InChI is InChI=1S/C23H26N2O5S/c1-17-6-11-22(15-18(17)2)31(27,28)25(19-7-9-20(29-3)10-8-19)13-12-23(26)24-16-21-5-4-14-30-21/h4-11,14-15H,12-13,16H2,1-3H3,(H,24,26). The molecule has 0 unspecified atom stereocenters. The number of furan rings is 1. The molecule has 3 aromatic rings. The number of aryl methyl sites for hydroxylation is 2. The number of benzene rings is 2. The first kappa shape index (κ1) is 22.4. The number of anilines is 1. The van der Waals surface area contributed by atoms with Gasteiger partial charge in [0.25, 0.3) is 10.0 Å². The van der Waals surface area contributed by atoms with Gasteiger partial charge in [0.05, 0.1) is 30.5 Å². The fraction of sp³-hybridized carbons (Fsp3) is 0.261. The fourth-order valence-electron chi connectivity index (χ4n) is 3.03. The van der Waals surface area contributed by atoms with Crippen LogP contribution in [0.2, 0.25) is 0 Å². The van der Waals surface area contributed by atoms with Crippen LogP contribution in [0, 0.1) is 13.8 Å². The van der Waals surface area contributed by atoms with Crippen molar-refractivity contribution in [2.45, 2.75) is 31.7 Å². The molecule has 0 radical (unpaired) electrons. The Kier molecular flexibility index (Phi) is 7.02. The van der Waals surface area contributed by atoms with Gasteiger partial charge in [0.2, 0.25) is 5.91 Å². The molecule has 164 valence electrons. The summed E-state index contributed by atoms with van der Waals surface area (Å²) in [5, 5.41) is 2.74. The van der Waals surface area contributed by atoms with Crippen molar-refractivity contribution in [2.24, 2.45) is 0 Å². The second-order valence-corrected chi connectivity index (χ2v) is 8.99. The molecule has 31 heavy (non-hydrogen) atoms. The second kappa shape index (κ2) is 9.70. The van der Waals surface area contributed by atoms with Crippen LogP contribution in [-0.2, 0) is 21.4 Å². The minimum absolute atomic E-state index is 0.00316. The number of ether oxygens (including phenoxy) is 1. The Labute approximate surface area is 182 Å². The van der Waals surface area contributed by atoms with Gasteiger partial charge in [-0.25, -0.2) is 8.42 Å². The van der Waals surface area contributed by atoms with Crippen LogP contribution >= 0.6 is 0 Å². The Morgan fingerprint density at radius 1 is 1.06 bits per heavy atom. The molecule has 0 saturated carbocycles. The SMILES string of the molecule is COc1ccc(N(CCC(=O)NCc2ccco2)S(=O)(=O)c2ccc(C)c(C)c2)cc1. The Bertz CT molecular complexity index is 1120. The number of nitrogens with zero attached hydrogens (tertiary/aromatic N) is 1. The van der Waals surface area contributed by atoms with E-state index in [1.54, 1.807) is 61.7 Å². The first-order valence-corrected chi connectivity index (χ1v) is 11.3. The van der Waals surface area contributed by atoms with Crippen LogP contribution in [0.15, 0.2) is 70.2 Å². The van der Waals surface area contributed by atoms with E-state index in [1.807, 2.05) is 13.8 Å². The van der Waals surface area contributed by atoms with Gasteiger partial charge in [0.1, 0.15) is 11.5 Å². The summed E-state index contributed by atoms with van der Waals surface area (Å²) in [4.78, 5) is 12.5. The molecule has 3 rings (SSSR count). The van der Waals surface area contributed by atoms with Gasteiger partial charge >= 0.3 is 0 Å². The lowest BCUT2D eigenvalue weighted by atomic mass is 10.1. The summed E-state index contributed by atoms with van der Waals surface area (Å²) < 4.78 is 38.5. The van der Waals surface area contributed by atoms with Crippen molar-refractivity contribution in [1.29, 1.82) is 0 Å². The van der Waals surface area contributed by atoms with Crippen molar-refractivity contribution >= 4 is 21.6 Å². The molecular formula is C23H26N2O5S. The largest absolute Gasteiger partial charge is 0.497 e. The molecule has 0 bridgehead atoms. The molecule has 0 aliphatic carbocycles. The molecule has 1 amide bonds. The number of amides is 1. The van der Waals surface area contributed by atoms with Gasteiger partial charge in [-0.3, -0.25) is 9.10 Å². The number of carbonyl (C=O) groups is 1. The number of methoxy groups -OCH3 is 1. The lowest BCUT2D eigenvalue weighted by Gasteiger charge is -2.25.